The second kappa shape index (κ2) is 4.65. The molecule has 0 amide bonds. The molecule has 7 heteroatoms. The lowest BCUT2D eigenvalue weighted by Crippen LogP contribution is -2.07. The lowest BCUT2D eigenvalue weighted by Gasteiger charge is -2.02. The normalized spacial score (nSPS) is 9.94. The summed E-state index contributed by atoms with van der Waals surface area (Å²) in [5.41, 5.74) is -1.68. The summed E-state index contributed by atoms with van der Waals surface area (Å²) in [5, 5.41) is 10.3. The molecule has 1 aromatic carbocycles. The molecule has 0 aliphatic carbocycles. The first-order valence-electron chi connectivity index (χ1n) is 4.28. The van der Waals surface area contributed by atoms with Gasteiger partial charge in [0.15, 0.2) is 0 Å². The third kappa shape index (κ3) is 2.30. The molecule has 0 heterocycles. The van der Waals surface area contributed by atoms with E-state index in [1.54, 1.807) is 0 Å². The third-order valence-electron chi connectivity index (χ3n) is 1.71. The molecule has 0 spiro atoms. The van der Waals surface area contributed by atoms with Gasteiger partial charge >= 0.3 is 11.7 Å². The van der Waals surface area contributed by atoms with E-state index in [1.807, 2.05) is 0 Å². The number of esters is 1. The van der Waals surface area contributed by atoms with Gasteiger partial charge in [-0.3, -0.25) is 10.1 Å². The van der Waals surface area contributed by atoms with E-state index in [1.165, 1.54) is 6.92 Å². The molecule has 0 saturated carbocycles. The van der Waals surface area contributed by atoms with E-state index in [2.05, 4.69) is 4.74 Å². The van der Waals surface area contributed by atoms with Gasteiger partial charge in [-0.05, 0) is 19.1 Å². The zero-order valence-corrected chi connectivity index (χ0v) is 8.20. The van der Waals surface area contributed by atoms with E-state index >= 15 is 0 Å². The number of hydrogen-bond acceptors (Lipinski definition) is 4. The Morgan fingerprint density at radius 1 is 1.44 bits per heavy atom. The van der Waals surface area contributed by atoms with Gasteiger partial charge in [0.2, 0.25) is 11.6 Å². The van der Waals surface area contributed by atoms with Crippen molar-refractivity contribution >= 4 is 11.7 Å². The van der Waals surface area contributed by atoms with Gasteiger partial charge in [-0.25, -0.2) is 4.79 Å². The zero-order valence-electron chi connectivity index (χ0n) is 8.20. The van der Waals surface area contributed by atoms with Crippen molar-refractivity contribution in [3.05, 3.63) is 39.4 Å². The average Bonchev–Trinajstić information content (AvgIpc) is 2.16. The molecule has 0 radical (unpaired) electrons. The molecule has 0 aliphatic heterocycles. The lowest BCUT2D eigenvalue weighted by molar-refractivity contribution is -0.390. The van der Waals surface area contributed by atoms with E-state index in [0.717, 1.165) is 0 Å². The van der Waals surface area contributed by atoms with Crippen molar-refractivity contribution in [2.75, 3.05) is 6.61 Å². The zero-order chi connectivity index (χ0) is 12.3. The summed E-state index contributed by atoms with van der Waals surface area (Å²) in [5.74, 6) is -3.75. The molecule has 0 N–H and O–H groups in total. The molecule has 0 fully saturated rings. The fourth-order valence-electron chi connectivity index (χ4n) is 1.07. The third-order valence-corrected chi connectivity index (χ3v) is 1.71. The highest BCUT2D eigenvalue weighted by Gasteiger charge is 2.24. The van der Waals surface area contributed by atoms with E-state index in [-0.39, 0.29) is 6.61 Å². The highest BCUT2D eigenvalue weighted by molar-refractivity contribution is 5.89. The predicted molar refractivity (Wildman–Crippen MR) is 49.0 cm³/mol. The van der Waals surface area contributed by atoms with Crippen LogP contribution in [0.5, 0.6) is 0 Å². The maximum Gasteiger partial charge on any atom is 0.340 e. The summed E-state index contributed by atoms with van der Waals surface area (Å²) in [6.45, 7) is 1.56. The summed E-state index contributed by atoms with van der Waals surface area (Å²) in [7, 11) is 0. The van der Waals surface area contributed by atoms with E-state index in [4.69, 9.17) is 0 Å². The van der Waals surface area contributed by atoms with Crippen molar-refractivity contribution in [2.24, 2.45) is 0 Å². The molecule has 0 atom stereocenters. The van der Waals surface area contributed by atoms with Gasteiger partial charge in [0.1, 0.15) is 0 Å². The molecule has 86 valence electrons. The van der Waals surface area contributed by atoms with Gasteiger partial charge in [-0.1, -0.05) is 0 Å². The predicted octanol–water partition coefficient (Wildman–Crippen LogP) is 2.05. The van der Waals surface area contributed by atoms with Crippen LogP contribution in [0.4, 0.5) is 14.5 Å². The molecular weight excluding hydrogens is 224 g/mol. The molecule has 1 rings (SSSR count). The number of nitrogens with zero attached hydrogens (tertiary/aromatic N) is 1. The largest absolute Gasteiger partial charge is 0.462 e. The second-order valence-corrected chi connectivity index (χ2v) is 2.77. The summed E-state index contributed by atoms with van der Waals surface area (Å²) in [6, 6.07) is 1.14. The highest BCUT2D eigenvalue weighted by Crippen LogP contribution is 2.23. The van der Waals surface area contributed by atoms with Gasteiger partial charge in [-0.15, -0.1) is 0 Å². The number of carbonyl (C=O) groups is 1. The van der Waals surface area contributed by atoms with Crippen molar-refractivity contribution in [3.8, 4) is 0 Å². The van der Waals surface area contributed by atoms with Gasteiger partial charge in [0.25, 0.3) is 0 Å². The standard InChI is InChI=1S/C9H7F2NO4/c1-2-16-9(13)5-3-6(10)8(12(14)15)7(11)4-5/h3-4H,2H2,1H3. The van der Waals surface area contributed by atoms with Crippen LogP contribution in [-0.4, -0.2) is 17.5 Å². The first-order valence-corrected chi connectivity index (χ1v) is 4.28. The molecule has 1 aromatic rings. The maximum atomic E-state index is 13.1. The maximum absolute atomic E-state index is 13.1. The van der Waals surface area contributed by atoms with Crippen LogP contribution in [0.2, 0.25) is 0 Å². The molecule has 16 heavy (non-hydrogen) atoms. The monoisotopic (exact) mass is 231 g/mol. The van der Waals surface area contributed by atoms with Crippen molar-refractivity contribution in [2.45, 2.75) is 6.92 Å². The molecule has 0 aliphatic rings. The molecule has 5 nitrogen and oxygen atoms in total. The Labute approximate surface area is 88.8 Å². The van der Waals surface area contributed by atoms with Crippen molar-refractivity contribution < 1.29 is 23.2 Å². The SMILES string of the molecule is CCOC(=O)c1cc(F)c([N+](=O)[O-])c(F)c1. The van der Waals surface area contributed by atoms with Crippen LogP contribution in [0.15, 0.2) is 12.1 Å². The van der Waals surface area contributed by atoms with Crippen LogP contribution >= 0.6 is 0 Å². The van der Waals surface area contributed by atoms with E-state index in [0.29, 0.717) is 12.1 Å². The van der Waals surface area contributed by atoms with Gasteiger partial charge in [-0.2, -0.15) is 8.78 Å². The minimum absolute atomic E-state index is 0.0407. The lowest BCUT2D eigenvalue weighted by atomic mass is 10.2. The average molecular weight is 231 g/mol. The van der Waals surface area contributed by atoms with Crippen LogP contribution in [0.25, 0.3) is 0 Å². The topological polar surface area (TPSA) is 69.4 Å². The Morgan fingerprint density at radius 2 is 1.94 bits per heavy atom. The van der Waals surface area contributed by atoms with E-state index in [9.17, 15) is 23.7 Å². The summed E-state index contributed by atoms with van der Waals surface area (Å²) < 4.78 is 30.6. The number of hydrogen-bond donors (Lipinski definition) is 0. The number of ether oxygens (including phenoxy) is 1. The Morgan fingerprint density at radius 3 is 2.31 bits per heavy atom. The fraction of sp³-hybridized carbons (Fsp3) is 0.222. The quantitative estimate of drug-likeness (QED) is 0.453. The van der Waals surface area contributed by atoms with Gasteiger partial charge < -0.3 is 4.74 Å². The minimum atomic E-state index is -1.41. The number of nitro benzene ring substituents is 1. The number of halogens is 2. The minimum Gasteiger partial charge on any atom is -0.462 e. The van der Waals surface area contributed by atoms with Crippen LogP contribution in [0.1, 0.15) is 17.3 Å². The summed E-state index contributed by atoms with van der Waals surface area (Å²) >= 11 is 0. The first kappa shape index (κ1) is 12.0. The first-order chi connectivity index (χ1) is 7.47. The number of nitro groups is 1. The van der Waals surface area contributed by atoms with Crippen molar-refractivity contribution in [1.82, 2.24) is 0 Å². The summed E-state index contributed by atoms with van der Waals surface area (Å²) in [4.78, 5) is 20.2. The summed E-state index contributed by atoms with van der Waals surface area (Å²) in [6.07, 6.45) is 0. The van der Waals surface area contributed by atoms with Crippen LogP contribution in [0.3, 0.4) is 0 Å². The second-order valence-electron chi connectivity index (χ2n) is 2.77. The van der Waals surface area contributed by atoms with Gasteiger partial charge in [0.05, 0.1) is 17.1 Å². The van der Waals surface area contributed by atoms with Crippen molar-refractivity contribution in [1.29, 1.82) is 0 Å². The Balaban J connectivity index is 3.19. The molecule has 0 aromatic heterocycles. The highest BCUT2D eigenvalue weighted by atomic mass is 19.1. The smallest absolute Gasteiger partial charge is 0.340 e. The molecular formula is C9H7F2NO4. The number of rotatable bonds is 3. The van der Waals surface area contributed by atoms with E-state index < -0.39 is 33.8 Å². The van der Waals surface area contributed by atoms with Crippen LogP contribution in [0, 0.1) is 21.7 Å². The number of carbonyl (C=O) groups excluding carboxylic acids is 1. The molecule has 0 saturated heterocycles. The van der Waals surface area contributed by atoms with Gasteiger partial charge in [0, 0.05) is 0 Å². The van der Waals surface area contributed by atoms with Crippen molar-refractivity contribution in [3.63, 3.8) is 0 Å². The Bertz CT molecular complexity index is 424. The van der Waals surface area contributed by atoms with Crippen LogP contribution < -0.4 is 0 Å². The fourth-order valence-corrected chi connectivity index (χ4v) is 1.07. The van der Waals surface area contributed by atoms with Crippen LogP contribution in [-0.2, 0) is 4.74 Å². The number of benzene rings is 1. The Kier molecular flexibility index (Phi) is 3.49. The molecule has 0 unspecified atom stereocenters. The molecule has 0 bridgehead atoms. The Hall–Kier alpha value is -2.05.